The number of phenols is 2. The summed E-state index contributed by atoms with van der Waals surface area (Å²) in [5, 5.41) is 18.3. The van der Waals surface area contributed by atoms with Gasteiger partial charge in [-0.05, 0) is 31.5 Å². The number of aryl methyl sites for hydroxylation is 1. The van der Waals surface area contributed by atoms with Gasteiger partial charge in [-0.3, -0.25) is 0 Å². The molecular formula is C10H12O4. The van der Waals surface area contributed by atoms with E-state index < -0.39 is 5.97 Å². The van der Waals surface area contributed by atoms with Gasteiger partial charge in [0.25, 0.3) is 0 Å². The van der Waals surface area contributed by atoms with Gasteiger partial charge in [-0.1, -0.05) is 0 Å². The molecule has 0 bridgehead atoms. The van der Waals surface area contributed by atoms with E-state index in [0.717, 1.165) is 0 Å². The average molecular weight is 196 g/mol. The zero-order chi connectivity index (χ0) is 10.7. The number of rotatable bonds is 2. The fourth-order valence-electron chi connectivity index (χ4n) is 1.11. The molecule has 1 aromatic rings. The molecule has 0 amide bonds. The third-order valence-electron chi connectivity index (χ3n) is 1.82. The van der Waals surface area contributed by atoms with Crippen LogP contribution in [-0.2, 0) is 4.74 Å². The number of benzene rings is 1. The Labute approximate surface area is 81.8 Å². The van der Waals surface area contributed by atoms with Gasteiger partial charge in [0, 0.05) is 0 Å². The van der Waals surface area contributed by atoms with E-state index in [2.05, 4.69) is 0 Å². The van der Waals surface area contributed by atoms with Crippen molar-refractivity contribution in [2.45, 2.75) is 13.8 Å². The maximum atomic E-state index is 11.3. The lowest BCUT2D eigenvalue weighted by molar-refractivity contribution is 0.0525. The first kappa shape index (κ1) is 10.4. The van der Waals surface area contributed by atoms with Crippen LogP contribution in [0.2, 0.25) is 0 Å². The number of ether oxygens (including phenoxy) is 1. The van der Waals surface area contributed by atoms with Gasteiger partial charge >= 0.3 is 5.97 Å². The molecule has 4 nitrogen and oxygen atoms in total. The highest BCUT2D eigenvalue weighted by Gasteiger charge is 2.13. The van der Waals surface area contributed by atoms with E-state index in [1.54, 1.807) is 13.8 Å². The van der Waals surface area contributed by atoms with Crippen molar-refractivity contribution in [2.75, 3.05) is 6.61 Å². The number of esters is 1. The van der Waals surface area contributed by atoms with Crippen LogP contribution in [-0.4, -0.2) is 22.8 Å². The van der Waals surface area contributed by atoms with Crippen molar-refractivity contribution in [3.63, 3.8) is 0 Å². The smallest absolute Gasteiger partial charge is 0.338 e. The minimum Gasteiger partial charge on any atom is -0.504 e. The maximum Gasteiger partial charge on any atom is 0.338 e. The number of aromatic hydroxyl groups is 2. The van der Waals surface area contributed by atoms with Gasteiger partial charge in [0.1, 0.15) is 0 Å². The Bertz CT molecular complexity index is 357. The van der Waals surface area contributed by atoms with Crippen LogP contribution in [0.1, 0.15) is 22.8 Å². The van der Waals surface area contributed by atoms with Gasteiger partial charge in [0.05, 0.1) is 12.2 Å². The van der Waals surface area contributed by atoms with Crippen molar-refractivity contribution in [1.29, 1.82) is 0 Å². The van der Waals surface area contributed by atoms with Crippen molar-refractivity contribution in [2.24, 2.45) is 0 Å². The van der Waals surface area contributed by atoms with Gasteiger partial charge in [0.15, 0.2) is 11.5 Å². The van der Waals surface area contributed by atoms with Gasteiger partial charge in [-0.2, -0.15) is 0 Å². The van der Waals surface area contributed by atoms with Crippen LogP contribution in [0.3, 0.4) is 0 Å². The lowest BCUT2D eigenvalue weighted by Gasteiger charge is -2.06. The van der Waals surface area contributed by atoms with Crippen molar-refractivity contribution in [3.05, 3.63) is 23.3 Å². The largest absolute Gasteiger partial charge is 0.504 e. The summed E-state index contributed by atoms with van der Waals surface area (Å²) < 4.78 is 4.77. The summed E-state index contributed by atoms with van der Waals surface area (Å²) in [5.41, 5.74) is 0.834. The van der Waals surface area contributed by atoms with Gasteiger partial charge in [-0.25, -0.2) is 4.79 Å². The van der Waals surface area contributed by atoms with Crippen LogP contribution in [0, 0.1) is 6.92 Å². The molecule has 14 heavy (non-hydrogen) atoms. The molecule has 1 rings (SSSR count). The molecule has 0 fully saturated rings. The van der Waals surface area contributed by atoms with Crippen LogP contribution in [0.15, 0.2) is 12.1 Å². The molecule has 0 saturated carbocycles. The van der Waals surface area contributed by atoms with Crippen LogP contribution in [0.25, 0.3) is 0 Å². The molecule has 0 atom stereocenters. The highest BCUT2D eigenvalue weighted by molar-refractivity contribution is 5.91. The molecule has 0 aliphatic carbocycles. The molecule has 1 aromatic carbocycles. The minimum absolute atomic E-state index is 0.240. The van der Waals surface area contributed by atoms with Crippen LogP contribution < -0.4 is 0 Å². The number of hydrogen-bond acceptors (Lipinski definition) is 4. The lowest BCUT2D eigenvalue weighted by atomic mass is 10.1. The summed E-state index contributed by atoms with van der Waals surface area (Å²) in [7, 11) is 0. The molecule has 0 aliphatic rings. The molecule has 0 radical (unpaired) electrons. The highest BCUT2D eigenvalue weighted by atomic mass is 16.5. The first-order valence-electron chi connectivity index (χ1n) is 4.26. The fourth-order valence-corrected chi connectivity index (χ4v) is 1.11. The van der Waals surface area contributed by atoms with Crippen molar-refractivity contribution in [1.82, 2.24) is 0 Å². The maximum absolute atomic E-state index is 11.3. The third kappa shape index (κ3) is 1.96. The summed E-state index contributed by atoms with van der Waals surface area (Å²) in [4.78, 5) is 11.3. The lowest BCUT2D eigenvalue weighted by Crippen LogP contribution is -2.06. The van der Waals surface area contributed by atoms with E-state index in [1.165, 1.54) is 12.1 Å². The zero-order valence-corrected chi connectivity index (χ0v) is 8.07. The van der Waals surface area contributed by atoms with E-state index >= 15 is 0 Å². The van der Waals surface area contributed by atoms with Crippen molar-refractivity contribution < 1.29 is 19.7 Å². The number of carbonyl (C=O) groups excluding carboxylic acids is 1. The quantitative estimate of drug-likeness (QED) is 0.556. The normalized spacial score (nSPS) is 9.86. The van der Waals surface area contributed by atoms with E-state index in [1.807, 2.05) is 0 Å². The summed E-state index contributed by atoms with van der Waals surface area (Å²) in [6.07, 6.45) is 0. The minimum atomic E-state index is -0.500. The Hall–Kier alpha value is -1.71. The molecule has 2 N–H and O–H groups in total. The molecule has 0 heterocycles. The molecule has 0 saturated heterocycles. The first-order valence-corrected chi connectivity index (χ1v) is 4.26. The van der Waals surface area contributed by atoms with E-state index in [0.29, 0.717) is 5.56 Å². The Morgan fingerprint density at radius 2 is 1.93 bits per heavy atom. The molecular weight excluding hydrogens is 184 g/mol. The van der Waals surface area contributed by atoms with Crippen LogP contribution in [0.5, 0.6) is 11.5 Å². The Morgan fingerprint density at radius 3 is 2.50 bits per heavy atom. The topological polar surface area (TPSA) is 66.8 Å². The summed E-state index contributed by atoms with van der Waals surface area (Å²) in [6.45, 7) is 3.64. The van der Waals surface area contributed by atoms with E-state index in [-0.39, 0.29) is 23.7 Å². The van der Waals surface area contributed by atoms with E-state index in [4.69, 9.17) is 9.84 Å². The molecule has 0 aliphatic heterocycles. The fraction of sp³-hybridized carbons (Fsp3) is 0.300. The van der Waals surface area contributed by atoms with E-state index in [9.17, 15) is 9.90 Å². The summed E-state index contributed by atoms with van der Waals surface area (Å²) in [6, 6.07) is 2.52. The first-order chi connectivity index (χ1) is 6.56. The Morgan fingerprint density at radius 1 is 1.36 bits per heavy atom. The molecule has 0 spiro atoms. The zero-order valence-electron chi connectivity index (χ0n) is 8.07. The average Bonchev–Trinajstić information content (AvgIpc) is 2.11. The summed E-state index contributed by atoms with van der Waals surface area (Å²) in [5.74, 6) is -1.06. The monoisotopic (exact) mass is 196 g/mol. The van der Waals surface area contributed by atoms with Crippen molar-refractivity contribution in [3.8, 4) is 11.5 Å². The second-order valence-electron chi connectivity index (χ2n) is 2.88. The molecule has 4 heteroatoms. The number of hydrogen-bond donors (Lipinski definition) is 2. The summed E-state index contributed by atoms with van der Waals surface area (Å²) >= 11 is 0. The Balaban J connectivity index is 3.09. The SMILES string of the molecule is CCOC(=O)c1cc(O)c(O)cc1C. The van der Waals surface area contributed by atoms with Crippen LogP contribution in [0.4, 0.5) is 0 Å². The number of carbonyl (C=O) groups is 1. The van der Waals surface area contributed by atoms with Gasteiger partial charge < -0.3 is 14.9 Å². The molecule has 0 aromatic heterocycles. The predicted octanol–water partition coefficient (Wildman–Crippen LogP) is 1.58. The van der Waals surface area contributed by atoms with Crippen molar-refractivity contribution >= 4 is 5.97 Å². The Kier molecular flexibility index (Phi) is 2.96. The molecule has 0 unspecified atom stereocenters. The third-order valence-corrected chi connectivity index (χ3v) is 1.82. The van der Waals surface area contributed by atoms with Crippen LogP contribution >= 0.6 is 0 Å². The standard InChI is InChI=1S/C10H12O4/c1-3-14-10(13)7-5-9(12)8(11)4-6(7)2/h4-5,11-12H,3H2,1-2H3. The predicted molar refractivity (Wildman–Crippen MR) is 50.5 cm³/mol. The second-order valence-corrected chi connectivity index (χ2v) is 2.88. The van der Waals surface area contributed by atoms with Gasteiger partial charge in [-0.15, -0.1) is 0 Å². The highest BCUT2D eigenvalue weighted by Crippen LogP contribution is 2.28. The second kappa shape index (κ2) is 4.00. The molecule has 76 valence electrons. The van der Waals surface area contributed by atoms with Gasteiger partial charge in [0.2, 0.25) is 0 Å². The number of phenolic OH excluding ortho intramolecular Hbond substituents is 2.